The van der Waals surface area contributed by atoms with Crippen LogP contribution in [0, 0.1) is 0 Å². The summed E-state index contributed by atoms with van der Waals surface area (Å²) >= 11 is 0. The highest BCUT2D eigenvalue weighted by atomic mass is 15.1. The molecule has 44 heavy (non-hydrogen) atoms. The SMILES string of the molecule is CC(C)(C)n1c(-c2cccc3c2[nH]c2ccccc23)nc2c(-c3cccc(-c4cc(-c5ccccc5)ccn4)c3)cccc21. The highest BCUT2D eigenvalue weighted by Crippen LogP contribution is 2.40. The van der Waals surface area contributed by atoms with E-state index in [2.05, 4.69) is 152 Å². The van der Waals surface area contributed by atoms with Crippen LogP contribution in [0.4, 0.5) is 0 Å². The summed E-state index contributed by atoms with van der Waals surface area (Å²) in [4.78, 5) is 13.9. The second kappa shape index (κ2) is 10.1. The van der Waals surface area contributed by atoms with E-state index in [0.29, 0.717) is 0 Å². The van der Waals surface area contributed by atoms with E-state index in [1.54, 1.807) is 0 Å². The Hall–Kier alpha value is -5.48. The van der Waals surface area contributed by atoms with Gasteiger partial charge >= 0.3 is 0 Å². The Labute approximate surface area is 256 Å². The van der Waals surface area contributed by atoms with Crippen LogP contribution in [-0.2, 0) is 5.54 Å². The summed E-state index contributed by atoms with van der Waals surface area (Å²) in [6.07, 6.45) is 1.90. The maximum atomic E-state index is 5.43. The molecule has 0 unspecified atom stereocenters. The molecule has 0 radical (unpaired) electrons. The van der Waals surface area contributed by atoms with Gasteiger partial charge in [0.15, 0.2) is 0 Å². The molecule has 0 fully saturated rings. The molecule has 0 aliphatic carbocycles. The summed E-state index contributed by atoms with van der Waals surface area (Å²) in [7, 11) is 0. The zero-order valence-electron chi connectivity index (χ0n) is 25.0. The fourth-order valence-electron chi connectivity index (χ4n) is 6.50. The molecule has 4 nitrogen and oxygen atoms in total. The molecule has 4 heteroatoms. The Bertz CT molecular complexity index is 2320. The molecule has 0 spiro atoms. The number of aromatic nitrogens is 4. The number of rotatable bonds is 4. The molecule has 0 bridgehead atoms. The first-order chi connectivity index (χ1) is 21.5. The monoisotopic (exact) mass is 568 g/mol. The zero-order valence-corrected chi connectivity index (χ0v) is 25.0. The largest absolute Gasteiger partial charge is 0.354 e. The van der Waals surface area contributed by atoms with Gasteiger partial charge in [-0.3, -0.25) is 4.98 Å². The van der Waals surface area contributed by atoms with Crippen molar-refractivity contribution in [3.8, 4) is 44.9 Å². The van der Waals surface area contributed by atoms with Gasteiger partial charge in [-0.1, -0.05) is 91.0 Å². The summed E-state index contributed by atoms with van der Waals surface area (Å²) < 4.78 is 2.39. The Balaban J connectivity index is 1.31. The van der Waals surface area contributed by atoms with Crippen LogP contribution in [-0.4, -0.2) is 19.5 Å². The van der Waals surface area contributed by atoms with Crippen LogP contribution >= 0.6 is 0 Å². The second-order valence-electron chi connectivity index (χ2n) is 12.4. The van der Waals surface area contributed by atoms with Gasteiger partial charge in [-0.15, -0.1) is 0 Å². The smallest absolute Gasteiger partial charge is 0.143 e. The van der Waals surface area contributed by atoms with Gasteiger partial charge in [0.05, 0.1) is 22.2 Å². The average molecular weight is 569 g/mol. The first-order valence-electron chi connectivity index (χ1n) is 15.1. The van der Waals surface area contributed by atoms with Gasteiger partial charge in [-0.05, 0) is 73.9 Å². The number of hydrogen-bond acceptors (Lipinski definition) is 2. The number of pyridine rings is 1. The minimum absolute atomic E-state index is 0.194. The molecule has 0 saturated heterocycles. The van der Waals surface area contributed by atoms with Crippen LogP contribution in [0.3, 0.4) is 0 Å². The number of nitrogens with zero attached hydrogens (tertiary/aromatic N) is 3. The maximum absolute atomic E-state index is 5.43. The molecule has 5 aromatic carbocycles. The van der Waals surface area contributed by atoms with Crippen molar-refractivity contribution in [2.24, 2.45) is 0 Å². The molecular formula is C40H32N4. The van der Waals surface area contributed by atoms with Gasteiger partial charge in [0.1, 0.15) is 5.82 Å². The maximum Gasteiger partial charge on any atom is 0.143 e. The molecule has 0 aliphatic heterocycles. The van der Waals surface area contributed by atoms with Gasteiger partial charge in [0.25, 0.3) is 0 Å². The van der Waals surface area contributed by atoms with Crippen molar-refractivity contribution >= 4 is 32.8 Å². The first kappa shape index (κ1) is 26.2. The van der Waals surface area contributed by atoms with Crippen molar-refractivity contribution < 1.29 is 0 Å². The van der Waals surface area contributed by atoms with Crippen molar-refractivity contribution in [3.05, 3.63) is 134 Å². The molecule has 0 aliphatic rings. The summed E-state index contributed by atoms with van der Waals surface area (Å²) in [6.45, 7) is 6.75. The van der Waals surface area contributed by atoms with Crippen LogP contribution in [0.5, 0.6) is 0 Å². The molecule has 0 atom stereocenters. The lowest BCUT2D eigenvalue weighted by molar-refractivity contribution is 0.413. The third kappa shape index (κ3) is 4.30. The molecule has 212 valence electrons. The number of hydrogen-bond donors (Lipinski definition) is 1. The van der Waals surface area contributed by atoms with Crippen LogP contribution in [0.1, 0.15) is 20.8 Å². The number of fused-ring (bicyclic) bond motifs is 4. The van der Waals surface area contributed by atoms with Crippen LogP contribution in [0.25, 0.3) is 77.7 Å². The Morgan fingerprint density at radius 1 is 0.591 bits per heavy atom. The molecule has 1 N–H and O–H groups in total. The van der Waals surface area contributed by atoms with Crippen molar-refractivity contribution in [1.82, 2.24) is 19.5 Å². The van der Waals surface area contributed by atoms with E-state index in [1.165, 1.54) is 16.3 Å². The minimum Gasteiger partial charge on any atom is -0.354 e. The number of aromatic amines is 1. The quantitative estimate of drug-likeness (QED) is 0.230. The molecule has 8 rings (SSSR count). The molecular weight excluding hydrogens is 536 g/mol. The van der Waals surface area contributed by atoms with E-state index in [9.17, 15) is 0 Å². The van der Waals surface area contributed by atoms with E-state index < -0.39 is 0 Å². The molecule has 0 amide bonds. The third-order valence-electron chi connectivity index (χ3n) is 8.47. The van der Waals surface area contributed by atoms with Crippen molar-refractivity contribution in [2.45, 2.75) is 26.3 Å². The van der Waals surface area contributed by atoms with E-state index in [1.807, 2.05) is 12.3 Å². The zero-order chi connectivity index (χ0) is 29.8. The Kier molecular flexibility index (Phi) is 5.98. The van der Waals surface area contributed by atoms with E-state index >= 15 is 0 Å². The lowest BCUT2D eigenvalue weighted by Crippen LogP contribution is -2.22. The van der Waals surface area contributed by atoms with Gasteiger partial charge in [-0.25, -0.2) is 4.98 Å². The summed E-state index contributed by atoms with van der Waals surface area (Å²) in [6, 6.07) is 44.9. The summed E-state index contributed by atoms with van der Waals surface area (Å²) in [5, 5.41) is 2.44. The molecule has 3 aromatic heterocycles. The summed E-state index contributed by atoms with van der Waals surface area (Å²) in [5.74, 6) is 0.963. The van der Waals surface area contributed by atoms with Crippen LogP contribution in [0.15, 0.2) is 134 Å². The number of imidazole rings is 1. The predicted molar refractivity (Wildman–Crippen MR) is 184 cm³/mol. The fourth-order valence-corrected chi connectivity index (χ4v) is 6.50. The highest BCUT2D eigenvalue weighted by molar-refractivity contribution is 6.12. The van der Waals surface area contributed by atoms with Crippen molar-refractivity contribution in [2.75, 3.05) is 0 Å². The average Bonchev–Trinajstić information content (AvgIpc) is 3.64. The summed E-state index contributed by atoms with van der Waals surface area (Å²) in [5.41, 5.74) is 11.9. The number of benzene rings is 5. The van der Waals surface area contributed by atoms with E-state index in [4.69, 9.17) is 9.97 Å². The predicted octanol–water partition coefficient (Wildman–Crippen LogP) is 10.5. The normalized spacial score (nSPS) is 12.0. The van der Waals surface area contributed by atoms with Gasteiger partial charge in [-0.2, -0.15) is 0 Å². The lowest BCUT2D eigenvalue weighted by atomic mass is 9.98. The molecule has 0 saturated carbocycles. The van der Waals surface area contributed by atoms with Gasteiger partial charge in [0.2, 0.25) is 0 Å². The fraction of sp³-hybridized carbons (Fsp3) is 0.100. The minimum atomic E-state index is -0.194. The standard InChI is InChI=1S/C40H32N4/c1-40(2,3)44-36-21-11-17-30(28-14-9-15-29(24-28)35-25-27(22-23-41-35)26-12-5-4-6-13-26)38(36)43-39(44)33-19-10-18-32-31-16-7-8-20-34(31)42-37(32)33/h4-25,42H,1-3H3. The van der Waals surface area contributed by atoms with E-state index in [-0.39, 0.29) is 5.54 Å². The lowest BCUT2D eigenvalue weighted by Gasteiger charge is -2.25. The Morgan fingerprint density at radius 2 is 1.30 bits per heavy atom. The van der Waals surface area contributed by atoms with Crippen molar-refractivity contribution in [3.63, 3.8) is 0 Å². The van der Waals surface area contributed by atoms with Crippen LogP contribution in [0.2, 0.25) is 0 Å². The van der Waals surface area contributed by atoms with E-state index in [0.717, 1.165) is 61.4 Å². The molecule has 3 heterocycles. The van der Waals surface area contributed by atoms with Crippen molar-refractivity contribution in [1.29, 1.82) is 0 Å². The second-order valence-corrected chi connectivity index (χ2v) is 12.4. The number of H-pyrrole nitrogens is 1. The van der Waals surface area contributed by atoms with Gasteiger partial charge < -0.3 is 9.55 Å². The van der Waals surface area contributed by atoms with Gasteiger partial charge in [0, 0.05) is 44.7 Å². The third-order valence-corrected chi connectivity index (χ3v) is 8.47. The Morgan fingerprint density at radius 3 is 2.16 bits per heavy atom. The molecule has 8 aromatic rings. The number of nitrogens with one attached hydrogen (secondary N) is 1. The first-order valence-corrected chi connectivity index (χ1v) is 15.1. The van der Waals surface area contributed by atoms with Crippen LogP contribution < -0.4 is 0 Å². The topological polar surface area (TPSA) is 46.5 Å². The highest BCUT2D eigenvalue weighted by Gasteiger charge is 2.25. The number of para-hydroxylation sites is 3.